The van der Waals surface area contributed by atoms with Crippen LogP contribution in [-0.4, -0.2) is 47.4 Å². The third kappa shape index (κ3) is 51.7. The Balaban J connectivity index is 3.39. The summed E-state index contributed by atoms with van der Waals surface area (Å²) in [5, 5.41) is 23.1. The van der Waals surface area contributed by atoms with Gasteiger partial charge in [-0.15, -0.1) is 0 Å². The summed E-state index contributed by atoms with van der Waals surface area (Å²) in [6, 6.07) is -0.541. The number of ether oxygens (including phenoxy) is 1. The van der Waals surface area contributed by atoms with Gasteiger partial charge in [-0.25, -0.2) is 0 Å². The molecule has 0 aromatic carbocycles. The van der Waals surface area contributed by atoms with E-state index in [1.54, 1.807) is 0 Å². The minimum atomic E-state index is -0.663. The van der Waals surface area contributed by atoms with E-state index in [4.69, 9.17) is 4.74 Å². The Kier molecular flexibility index (Phi) is 54.5. The van der Waals surface area contributed by atoms with Crippen LogP contribution in [0.25, 0.3) is 0 Å². The number of carbonyl (C=O) groups is 2. The topological polar surface area (TPSA) is 95.9 Å². The van der Waals surface area contributed by atoms with Gasteiger partial charge in [0.2, 0.25) is 5.91 Å². The monoisotopic (exact) mass is 930 g/mol. The molecule has 0 spiro atoms. The number of hydrogen-bond acceptors (Lipinski definition) is 5. The fourth-order valence-electron chi connectivity index (χ4n) is 9.20. The highest BCUT2D eigenvalue weighted by Gasteiger charge is 2.20. The molecule has 0 heterocycles. The largest absolute Gasteiger partial charge is 0.466 e. The van der Waals surface area contributed by atoms with Crippen LogP contribution in [0.5, 0.6) is 0 Å². The molecule has 6 heteroatoms. The quantitative estimate of drug-likeness (QED) is 0.0321. The Bertz CT molecular complexity index is 1030. The lowest BCUT2D eigenvalue weighted by atomic mass is 10.0. The molecule has 0 aromatic heterocycles. The van der Waals surface area contributed by atoms with Crippen molar-refractivity contribution < 1.29 is 24.5 Å². The van der Waals surface area contributed by atoms with Crippen molar-refractivity contribution >= 4 is 11.9 Å². The number of aliphatic hydroxyl groups is 2. The second-order valence-corrected chi connectivity index (χ2v) is 20.3. The summed E-state index contributed by atoms with van der Waals surface area (Å²) in [4.78, 5) is 24.4. The van der Waals surface area contributed by atoms with Crippen molar-refractivity contribution in [2.45, 2.75) is 334 Å². The van der Waals surface area contributed by atoms with E-state index in [1.807, 2.05) is 0 Å². The summed E-state index contributed by atoms with van der Waals surface area (Å²) in [5.74, 6) is -0.0278. The molecule has 0 aliphatic rings. The Hall–Kier alpha value is -1.66. The van der Waals surface area contributed by atoms with Gasteiger partial charge in [0.25, 0.3) is 0 Å². The van der Waals surface area contributed by atoms with E-state index in [9.17, 15) is 19.8 Å². The van der Waals surface area contributed by atoms with Gasteiger partial charge in [-0.2, -0.15) is 0 Å². The lowest BCUT2D eigenvalue weighted by molar-refractivity contribution is -0.143. The summed E-state index contributed by atoms with van der Waals surface area (Å²) in [5.41, 5.74) is 0. The first-order valence-electron chi connectivity index (χ1n) is 29.6. The zero-order valence-electron chi connectivity index (χ0n) is 44.4. The minimum absolute atomic E-state index is 0.0121. The van der Waals surface area contributed by atoms with Crippen molar-refractivity contribution in [2.75, 3.05) is 13.2 Å². The first-order valence-corrected chi connectivity index (χ1v) is 29.6. The average Bonchev–Trinajstić information content (AvgIpc) is 3.32. The van der Waals surface area contributed by atoms with Crippen molar-refractivity contribution in [1.29, 1.82) is 0 Å². The van der Waals surface area contributed by atoms with Crippen LogP contribution in [0.3, 0.4) is 0 Å². The van der Waals surface area contributed by atoms with E-state index in [-0.39, 0.29) is 18.5 Å². The Morgan fingerprint density at radius 1 is 0.424 bits per heavy atom. The maximum Gasteiger partial charge on any atom is 0.305 e. The zero-order chi connectivity index (χ0) is 47.9. The van der Waals surface area contributed by atoms with Crippen LogP contribution in [0.4, 0.5) is 0 Å². The molecule has 0 aliphatic heterocycles. The summed E-state index contributed by atoms with van der Waals surface area (Å²) in [7, 11) is 0. The van der Waals surface area contributed by atoms with Gasteiger partial charge in [0, 0.05) is 12.8 Å². The van der Waals surface area contributed by atoms with Crippen molar-refractivity contribution in [3.05, 3.63) is 24.3 Å². The van der Waals surface area contributed by atoms with E-state index in [1.165, 1.54) is 244 Å². The van der Waals surface area contributed by atoms with E-state index in [0.29, 0.717) is 25.9 Å². The van der Waals surface area contributed by atoms with Crippen molar-refractivity contribution in [3.63, 3.8) is 0 Å². The third-order valence-electron chi connectivity index (χ3n) is 13.8. The molecular weight excluding hydrogens is 815 g/mol. The smallest absolute Gasteiger partial charge is 0.305 e. The maximum atomic E-state index is 12.4. The number of amides is 1. The number of allylic oxidation sites excluding steroid dienone is 4. The second kappa shape index (κ2) is 55.9. The first-order chi connectivity index (χ1) is 32.5. The van der Waals surface area contributed by atoms with Gasteiger partial charge in [0.15, 0.2) is 0 Å². The third-order valence-corrected chi connectivity index (χ3v) is 13.8. The number of aliphatic hydroxyl groups excluding tert-OH is 2. The fourth-order valence-corrected chi connectivity index (χ4v) is 9.20. The Morgan fingerprint density at radius 2 is 0.758 bits per heavy atom. The standard InChI is InChI=1S/C60H115NO5/c1-3-5-7-9-11-13-14-30-34-38-42-46-50-54-60(65)66-55-51-47-43-39-35-32-29-27-25-23-21-19-17-15-16-18-20-22-24-26-28-31-33-37-41-45-49-53-59(64)61-57(56-62)58(63)52-48-44-40-36-12-10-8-6-4-2/h15-16,19,21,57-58,62-63H,3-14,17-18,20,22-56H2,1-2H3,(H,61,64)/b16-15-,21-19-. The average molecular weight is 931 g/mol. The number of hydrogen-bond donors (Lipinski definition) is 3. The predicted octanol–water partition coefficient (Wildman–Crippen LogP) is 18.2. The highest BCUT2D eigenvalue weighted by molar-refractivity contribution is 5.76. The normalized spacial score (nSPS) is 12.7. The number of esters is 1. The van der Waals surface area contributed by atoms with Crippen LogP contribution < -0.4 is 5.32 Å². The van der Waals surface area contributed by atoms with Gasteiger partial charge in [0.05, 0.1) is 25.4 Å². The molecule has 2 atom stereocenters. The van der Waals surface area contributed by atoms with E-state index in [2.05, 4.69) is 43.5 Å². The molecule has 0 fully saturated rings. The van der Waals surface area contributed by atoms with Crippen molar-refractivity contribution in [1.82, 2.24) is 5.32 Å². The molecular formula is C60H115NO5. The van der Waals surface area contributed by atoms with E-state index < -0.39 is 12.1 Å². The van der Waals surface area contributed by atoms with Crippen LogP contribution >= 0.6 is 0 Å². The molecule has 390 valence electrons. The molecule has 0 saturated carbocycles. The molecule has 2 unspecified atom stereocenters. The highest BCUT2D eigenvalue weighted by atomic mass is 16.5. The molecule has 0 radical (unpaired) electrons. The molecule has 0 rings (SSSR count). The van der Waals surface area contributed by atoms with E-state index >= 15 is 0 Å². The lowest BCUT2D eigenvalue weighted by Gasteiger charge is -2.22. The maximum absolute atomic E-state index is 12.4. The van der Waals surface area contributed by atoms with Crippen LogP contribution in [0.2, 0.25) is 0 Å². The lowest BCUT2D eigenvalue weighted by Crippen LogP contribution is -2.45. The molecule has 66 heavy (non-hydrogen) atoms. The molecule has 0 saturated heterocycles. The Morgan fingerprint density at radius 3 is 1.15 bits per heavy atom. The molecule has 0 bridgehead atoms. The van der Waals surface area contributed by atoms with Gasteiger partial charge in [-0.1, -0.05) is 276 Å². The molecule has 0 aliphatic carbocycles. The van der Waals surface area contributed by atoms with E-state index in [0.717, 1.165) is 44.9 Å². The predicted molar refractivity (Wildman–Crippen MR) is 287 cm³/mol. The molecule has 0 aromatic rings. The van der Waals surface area contributed by atoms with Crippen LogP contribution in [0, 0.1) is 0 Å². The van der Waals surface area contributed by atoms with Gasteiger partial charge in [-0.05, 0) is 57.8 Å². The fraction of sp³-hybridized carbons (Fsp3) is 0.900. The summed E-state index contributed by atoms with van der Waals surface area (Å²) < 4.78 is 5.47. The number of nitrogens with one attached hydrogen (secondary N) is 1. The van der Waals surface area contributed by atoms with Gasteiger partial charge in [0.1, 0.15) is 0 Å². The Labute approximate surface area is 411 Å². The van der Waals surface area contributed by atoms with Crippen molar-refractivity contribution in [3.8, 4) is 0 Å². The first kappa shape index (κ1) is 64.3. The number of unbranched alkanes of at least 4 members (excludes halogenated alkanes) is 40. The summed E-state index contributed by atoms with van der Waals surface area (Å²) in [6.07, 6.45) is 67.6. The summed E-state index contributed by atoms with van der Waals surface area (Å²) in [6.45, 7) is 4.94. The number of rotatable bonds is 55. The highest BCUT2D eigenvalue weighted by Crippen LogP contribution is 2.17. The van der Waals surface area contributed by atoms with Gasteiger partial charge in [-0.3, -0.25) is 9.59 Å². The van der Waals surface area contributed by atoms with Gasteiger partial charge < -0.3 is 20.3 Å². The molecule has 3 N–H and O–H groups in total. The van der Waals surface area contributed by atoms with Crippen LogP contribution in [0.1, 0.15) is 322 Å². The molecule has 6 nitrogen and oxygen atoms in total. The second-order valence-electron chi connectivity index (χ2n) is 20.3. The minimum Gasteiger partial charge on any atom is -0.466 e. The SMILES string of the molecule is CCCCCCCCCCCCCCCC(=O)OCCCCCCCCCCC/C=C\C/C=C\CCCCCCCCCCCCCC(=O)NC(CO)C(O)CCCCCCCCCCC. The van der Waals surface area contributed by atoms with Crippen LogP contribution in [-0.2, 0) is 14.3 Å². The van der Waals surface area contributed by atoms with Crippen LogP contribution in [0.15, 0.2) is 24.3 Å². The molecule has 1 amide bonds. The zero-order valence-corrected chi connectivity index (χ0v) is 44.4. The summed E-state index contributed by atoms with van der Waals surface area (Å²) >= 11 is 0. The van der Waals surface area contributed by atoms with Crippen molar-refractivity contribution in [2.24, 2.45) is 0 Å². The number of carbonyl (C=O) groups excluding carboxylic acids is 2. The van der Waals surface area contributed by atoms with Gasteiger partial charge >= 0.3 is 5.97 Å².